The van der Waals surface area contributed by atoms with Crippen molar-refractivity contribution >= 4 is 16.7 Å². The van der Waals surface area contributed by atoms with Gasteiger partial charge in [0.25, 0.3) is 0 Å². The normalized spacial score (nSPS) is 12.0. The molecule has 1 heterocycles. The predicted molar refractivity (Wildman–Crippen MR) is 108 cm³/mol. The maximum Gasteiger partial charge on any atom is 0.419 e. The zero-order valence-corrected chi connectivity index (χ0v) is 16.5. The molecule has 10 heteroatoms. The minimum Gasteiger partial charge on any atom is -0.501 e. The van der Waals surface area contributed by atoms with E-state index in [9.17, 15) is 29.5 Å². The number of aliphatic hydroxyl groups is 1. The third-order valence-corrected chi connectivity index (χ3v) is 4.43. The maximum atomic E-state index is 13.4. The van der Waals surface area contributed by atoms with Gasteiger partial charge in [0, 0.05) is 6.07 Å². The largest absolute Gasteiger partial charge is 0.501 e. The van der Waals surface area contributed by atoms with E-state index in [2.05, 4.69) is 0 Å². The van der Waals surface area contributed by atoms with Crippen molar-refractivity contribution in [1.82, 2.24) is 0 Å². The van der Waals surface area contributed by atoms with Gasteiger partial charge in [0.05, 0.1) is 10.3 Å². The number of aryl methyl sites for hydroxylation is 1. The molecule has 164 valence electrons. The second kappa shape index (κ2) is 9.43. The molecule has 3 rings (SSSR count). The van der Waals surface area contributed by atoms with E-state index >= 15 is 0 Å². The second-order valence-electron chi connectivity index (χ2n) is 6.78. The highest BCUT2D eigenvalue weighted by molar-refractivity contribution is 5.87. The van der Waals surface area contributed by atoms with E-state index in [0.717, 1.165) is 6.42 Å². The topological polar surface area (TPSA) is 132 Å². The number of halogens is 1. The summed E-state index contributed by atoms with van der Waals surface area (Å²) < 4.78 is 29.3. The highest BCUT2D eigenvalue weighted by atomic mass is 19.1. The lowest BCUT2D eigenvalue weighted by atomic mass is 10.1. The summed E-state index contributed by atoms with van der Waals surface area (Å²) in [4.78, 5) is 21.6. The first-order valence-corrected chi connectivity index (χ1v) is 9.46. The van der Waals surface area contributed by atoms with Crippen LogP contribution in [0.5, 0.6) is 17.2 Å². The minimum absolute atomic E-state index is 0.0257. The van der Waals surface area contributed by atoms with E-state index in [4.69, 9.17) is 13.9 Å². The summed E-state index contributed by atoms with van der Waals surface area (Å²) in [5.41, 5.74) is -1.74. The zero-order valence-electron chi connectivity index (χ0n) is 16.5. The second-order valence-corrected chi connectivity index (χ2v) is 6.78. The number of benzene rings is 2. The number of fused-ring (bicyclic) bond motifs is 1. The summed E-state index contributed by atoms with van der Waals surface area (Å²) in [6, 6.07) is 8.15. The molecule has 0 aliphatic heterocycles. The van der Waals surface area contributed by atoms with Crippen molar-refractivity contribution in [3.63, 3.8) is 0 Å². The van der Waals surface area contributed by atoms with Gasteiger partial charge in [-0.25, -0.2) is 9.18 Å². The molecule has 2 N–H and O–H groups in total. The fourth-order valence-electron chi connectivity index (χ4n) is 2.99. The molecule has 0 fully saturated rings. The molecule has 31 heavy (non-hydrogen) atoms. The van der Waals surface area contributed by atoms with Crippen molar-refractivity contribution in [1.29, 1.82) is 0 Å². The summed E-state index contributed by atoms with van der Waals surface area (Å²) in [5.74, 6) is -0.472. The number of rotatable bonds is 9. The van der Waals surface area contributed by atoms with E-state index in [1.807, 2.05) is 6.92 Å². The predicted octanol–water partition coefficient (Wildman–Crippen LogP) is 3.32. The zero-order chi connectivity index (χ0) is 22.5. The molecule has 0 spiro atoms. The van der Waals surface area contributed by atoms with Crippen molar-refractivity contribution < 1.29 is 33.4 Å². The van der Waals surface area contributed by atoms with Crippen molar-refractivity contribution in [3.05, 3.63) is 68.3 Å². The Labute approximate surface area is 175 Å². The molecule has 3 aromatic rings. The van der Waals surface area contributed by atoms with Crippen molar-refractivity contribution in [3.8, 4) is 17.2 Å². The quantitative estimate of drug-likeness (QED) is 0.298. The van der Waals surface area contributed by atoms with Crippen LogP contribution in [0.1, 0.15) is 18.9 Å². The molecule has 0 radical (unpaired) electrons. The van der Waals surface area contributed by atoms with Gasteiger partial charge in [-0.1, -0.05) is 13.3 Å². The van der Waals surface area contributed by atoms with Crippen LogP contribution in [0.15, 0.2) is 45.6 Å². The number of nitro groups is 1. The number of nitrogens with zero attached hydrogens (tertiary/aromatic N) is 1. The van der Waals surface area contributed by atoms with Gasteiger partial charge in [-0.2, -0.15) is 0 Å². The van der Waals surface area contributed by atoms with Crippen LogP contribution >= 0.6 is 0 Å². The summed E-state index contributed by atoms with van der Waals surface area (Å²) in [5, 5.41) is 30.9. The molecule has 1 unspecified atom stereocenters. The maximum absolute atomic E-state index is 13.4. The molecule has 0 aliphatic carbocycles. The van der Waals surface area contributed by atoms with Crippen LogP contribution in [0.25, 0.3) is 11.0 Å². The van der Waals surface area contributed by atoms with Crippen LogP contribution in [-0.2, 0) is 6.42 Å². The van der Waals surface area contributed by atoms with E-state index < -0.39 is 28.1 Å². The van der Waals surface area contributed by atoms with Crippen molar-refractivity contribution in [2.75, 3.05) is 13.2 Å². The van der Waals surface area contributed by atoms with Crippen LogP contribution in [0, 0.1) is 15.9 Å². The first-order chi connectivity index (χ1) is 14.8. The summed E-state index contributed by atoms with van der Waals surface area (Å²) in [7, 11) is 0. The van der Waals surface area contributed by atoms with Gasteiger partial charge in [-0.05, 0) is 42.3 Å². The fraction of sp³-hybridized carbons (Fsp3) is 0.286. The minimum atomic E-state index is -1.29. The molecular weight excluding hydrogens is 413 g/mol. The molecule has 0 amide bonds. The molecule has 2 aromatic carbocycles. The number of ether oxygens (including phenoxy) is 2. The fourth-order valence-corrected chi connectivity index (χ4v) is 2.99. The van der Waals surface area contributed by atoms with Gasteiger partial charge in [-0.15, -0.1) is 0 Å². The molecule has 0 saturated heterocycles. The molecule has 9 nitrogen and oxygen atoms in total. The van der Waals surface area contributed by atoms with Gasteiger partial charge in [0.1, 0.15) is 42.2 Å². The van der Waals surface area contributed by atoms with Crippen LogP contribution in [-0.4, -0.2) is 34.5 Å². The SMILES string of the molecule is CCCc1cc(F)ccc1OCC(O)COc1ccc2c(O)c([N+](=O)[O-])c(=O)oc2c1. The van der Waals surface area contributed by atoms with Crippen LogP contribution < -0.4 is 15.1 Å². The highest BCUT2D eigenvalue weighted by Gasteiger charge is 2.24. The van der Waals surface area contributed by atoms with Gasteiger partial charge in [0.2, 0.25) is 5.75 Å². The van der Waals surface area contributed by atoms with Crippen LogP contribution in [0.3, 0.4) is 0 Å². The molecule has 1 atom stereocenters. The molecular formula is C21H20FNO8. The van der Waals surface area contributed by atoms with Gasteiger partial charge < -0.3 is 24.1 Å². The van der Waals surface area contributed by atoms with Gasteiger partial charge >= 0.3 is 11.3 Å². The molecule has 0 saturated carbocycles. The number of hydrogen-bond donors (Lipinski definition) is 2. The number of aliphatic hydroxyl groups excluding tert-OH is 1. The van der Waals surface area contributed by atoms with Gasteiger partial charge in [-0.3, -0.25) is 10.1 Å². The van der Waals surface area contributed by atoms with Crippen molar-refractivity contribution in [2.45, 2.75) is 25.9 Å². The third-order valence-electron chi connectivity index (χ3n) is 4.43. The third kappa shape index (κ3) is 5.10. The highest BCUT2D eigenvalue weighted by Crippen LogP contribution is 2.32. The Hall–Kier alpha value is -3.66. The molecule has 1 aromatic heterocycles. The number of aromatic hydroxyl groups is 1. The standard InChI is InChI=1S/C21H20FNO8/c1-2-3-12-8-13(22)4-7-17(12)30-11-14(24)10-29-15-5-6-16-18(9-15)31-21(26)19(20(16)25)23(27)28/h4-9,14,24-25H,2-3,10-11H2,1H3. The van der Waals surface area contributed by atoms with Crippen LogP contribution in [0.4, 0.5) is 10.1 Å². The Morgan fingerprint density at radius 2 is 1.94 bits per heavy atom. The first kappa shape index (κ1) is 22.0. The summed E-state index contributed by atoms with van der Waals surface area (Å²) in [6.07, 6.45) is 0.419. The van der Waals surface area contributed by atoms with E-state index in [1.54, 1.807) is 0 Å². The van der Waals surface area contributed by atoms with E-state index in [1.165, 1.54) is 36.4 Å². The summed E-state index contributed by atoms with van der Waals surface area (Å²) in [6.45, 7) is 1.69. The van der Waals surface area contributed by atoms with E-state index in [-0.39, 0.29) is 35.7 Å². The molecule has 0 aliphatic rings. The Morgan fingerprint density at radius 3 is 2.65 bits per heavy atom. The molecule has 0 bridgehead atoms. The van der Waals surface area contributed by atoms with Crippen molar-refractivity contribution in [2.24, 2.45) is 0 Å². The van der Waals surface area contributed by atoms with Crippen LogP contribution in [0.2, 0.25) is 0 Å². The average Bonchev–Trinajstić information content (AvgIpc) is 2.71. The van der Waals surface area contributed by atoms with Gasteiger partial charge in [0.15, 0.2) is 0 Å². The lowest BCUT2D eigenvalue weighted by molar-refractivity contribution is -0.388. The first-order valence-electron chi connectivity index (χ1n) is 9.46. The Bertz CT molecular complexity index is 1160. The lowest BCUT2D eigenvalue weighted by Crippen LogP contribution is -2.25. The smallest absolute Gasteiger partial charge is 0.419 e. The lowest BCUT2D eigenvalue weighted by Gasteiger charge is -2.16. The monoisotopic (exact) mass is 433 g/mol. The Kier molecular flexibility index (Phi) is 6.71. The Morgan fingerprint density at radius 1 is 1.19 bits per heavy atom. The number of hydrogen-bond acceptors (Lipinski definition) is 8. The van der Waals surface area contributed by atoms with E-state index in [0.29, 0.717) is 17.7 Å². The summed E-state index contributed by atoms with van der Waals surface area (Å²) >= 11 is 0. The average molecular weight is 433 g/mol. The Balaban J connectivity index is 1.65.